The van der Waals surface area contributed by atoms with Crippen LogP contribution in [0.4, 0.5) is 5.82 Å². The van der Waals surface area contributed by atoms with E-state index in [1.54, 1.807) is 13.3 Å². The highest BCUT2D eigenvalue weighted by molar-refractivity contribution is 6.03. The molecule has 33 heavy (non-hydrogen) atoms. The van der Waals surface area contributed by atoms with Crippen molar-refractivity contribution in [2.24, 2.45) is 5.10 Å². The van der Waals surface area contributed by atoms with Gasteiger partial charge in [0.15, 0.2) is 11.5 Å². The van der Waals surface area contributed by atoms with Crippen molar-refractivity contribution >= 4 is 11.5 Å². The van der Waals surface area contributed by atoms with E-state index in [0.717, 1.165) is 34.6 Å². The number of hydrogen-bond donors (Lipinski definition) is 0. The summed E-state index contributed by atoms with van der Waals surface area (Å²) in [4.78, 5) is 4.56. The molecule has 0 amide bonds. The molecule has 0 N–H and O–H groups in total. The van der Waals surface area contributed by atoms with E-state index in [4.69, 9.17) is 14.6 Å². The first kappa shape index (κ1) is 20.8. The van der Waals surface area contributed by atoms with Crippen LogP contribution < -0.4 is 14.5 Å². The summed E-state index contributed by atoms with van der Waals surface area (Å²) in [5.74, 6) is 2.24. The summed E-state index contributed by atoms with van der Waals surface area (Å²) in [5.41, 5.74) is 4.36. The van der Waals surface area contributed by atoms with E-state index in [1.165, 1.54) is 0 Å². The van der Waals surface area contributed by atoms with E-state index in [0.29, 0.717) is 18.1 Å². The second kappa shape index (κ2) is 9.57. The smallest absolute Gasteiger partial charge is 0.162 e. The number of pyridine rings is 1. The van der Waals surface area contributed by atoms with Gasteiger partial charge >= 0.3 is 0 Å². The lowest BCUT2D eigenvalue weighted by Gasteiger charge is -2.23. The lowest BCUT2D eigenvalue weighted by Crippen LogP contribution is -2.19. The molecule has 164 valence electrons. The van der Waals surface area contributed by atoms with Crippen LogP contribution in [0.3, 0.4) is 0 Å². The SMILES string of the molecule is COc1ccc(C2CC(c3ccccc3)=NN2c2ccccn2)cc1OCc1ccccc1. The average molecular weight is 436 g/mol. The first-order chi connectivity index (χ1) is 16.3. The fourth-order valence-corrected chi connectivity index (χ4v) is 4.02. The van der Waals surface area contributed by atoms with Gasteiger partial charge in [-0.3, -0.25) is 0 Å². The van der Waals surface area contributed by atoms with Crippen LogP contribution in [0.1, 0.15) is 29.2 Å². The molecule has 0 aliphatic carbocycles. The van der Waals surface area contributed by atoms with E-state index in [1.807, 2.05) is 65.7 Å². The quantitative estimate of drug-likeness (QED) is 0.356. The molecule has 1 atom stereocenters. The van der Waals surface area contributed by atoms with Crippen LogP contribution in [-0.4, -0.2) is 17.8 Å². The van der Waals surface area contributed by atoms with Gasteiger partial charge < -0.3 is 9.47 Å². The van der Waals surface area contributed by atoms with Crippen molar-refractivity contribution in [1.82, 2.24) is 4.98 Å². The van der Waals surface area contributed by atoms with E-state index in [9.17, 15) is 0 Å². The number of anilines is 1. The monoisotopic (exact) mass is 435 g/mol. The molecule has 4 aromatic rings. The predicted octanol–water partition coefficient (Wildman–Crippen LogP) is 6.02. The summed E-state index contributed by atoms with van der Waals surface area (Å²) < 4.78 is 11.7. The van der Waals surface area contributed by atoms with Crippen LogP contribution in [-0.2, 0) is 6.61 Å². The van der Waals surface area contributed by atoms with Crippen LogP contribution in [0, 0.1) is 0 Å². The van der Waals surface area contributed by atoms with Gasteiger partial charge in [0.05, 0.1) is 18.9 Å². The highest BCUT2D eigenvalue weighted by Gasteiger charge is 2.31. The first-order valence-corrected chi connectivity index (χ1v) is 11.0. The molecule has 0 saturated heterocycles. The summed E-state index contributed by atoms with van der Waals surface area (Å²) in [7, 11) is 1.66. The van der Waals surface area contributed by atoms with Crippen molar-refractivity contribution in [2.45, 2.75) is 19.1 Å². The van der Waals surface area contributed by atoms with Gasteiger partial charge in [-0.05, 0) is 41.0 Å². The summed E-state index contributed by atoms with van der Waals surface area (Å²) in [6.07, 6.45) is 2.57. The number of hydrazone groups is 1. The second-order valence-electron chi connectivity index (χ2n) is 7.85. The molecule has 1 aliphatic heterocycles. The van der Waals surface area contributed by atoms with E-state index in [-0.39, 0.29) is 6.04 Å². The van der Waals surface area contributed by atoms with Crippen molar-refractivity contribution in [3.63, 3.8) is 0 Å². The zero-order chi connectivity index (χ0) is 22.5. The average Bonchev–Trinajstić information content (AvgIpc) is 3.35. The topological polar surface area (TPSA) is 47.0 Å². The summed E-state index contributed by atoms with van der Waals surface area (Å²) in [5, 5.41) is 6.97. The van der Waals surface area contributed by atoms with Crippen molar-refractivity contribution < 1.29 is 9.47 Å². The second-order valence-corrected chi connectivity index (χ2v) is 7.85. The fourth-order valence-electron chi connectivity index (χ4n) is 4.02. The number of rotatable bonds is 7. The number of aromatic nitrogens is 1. The maximum atomic E-state index is 6.17. The molecule has 5 rings (SSSR count). The Bertz CT molecular complexity index is 1230. The summed E-state index contributed by atoms with van der Waals surface area (Å²) in [6, 6.07) is 32.4. The zero-order valence-electron chi connectivity index (χ0n) is 18.5. The van der Waals surface area contributed by atoms with Crippen molar-refractivity contribution in [3.05, 3.63) is 120 Å². The minimum Gasteiger partial charge on any atom is -0.493 e. The third kappa shape index (κ3) is 4.58. The summed E-state index contributed by atoms with van der Waals surface area (Å²) >= 11 is 0. The van der Waals surface area contributed by atoms with Crippen molar-refractivity contribution in [3.8, 4) is 11.5 Å². The molecule has 0 fully saturated rings. The van der Waals surface area contributed by atoms with E-state index >= 15 is 0 Å². The third-order valence-corrected chi connectivity index (χ3v) is 5.71. The number of nitrogens with zero attached hydrogens (tertiary/aromatic N) is 3. The molecule has 0 bridgehead atoms. The molecule has 1 unspecified atom stereocenters. The molecule has 3 aromatic carbocycles. The Hall–Kier alpha value is -4.12. The summed E-state index contributed by atoms with van der Waals surface area (Å²) in [6.45, 7) is 0.473. The predicted molar refractivity (Wildman–Crippen MR) is 131 cm³/mol. The lowest BCUT2D eigenvalue weighted by molar-refractivity contribution is 0.284. The standard InChI is InChI=1S/C28H25N3O2/c1-32-26-16-15-23(18-27(26)33-20-21-10-4-2-5-11-21)25-19-24(22-12-6-3-7-13-22)30-31(25)28-14-8-9-17-29-28/h2-18,25H,19-20H2,1H3. The Morgan fingerprint density at radius 1 is 0.848 bits per heavy atom. The van der Waals surface area contributed by atoms with Gasteiger partial charge in [-0.2, -0.15) is 5.10 Å². The van der Waals surface area contributed by atoms with Gasteiger partial charge in [0.1, 0.15) is 12.4 Å². The van der Waals surface area contributed by atoms with Gasteiger partial charge in [-0.25, -0.2) is 9.99 Å². The fraction of sp³-hybridized carbons (Fsp3) is 0.143. The van der Waals surface area contributed by atoms with Crippen LogP contribution in [0.5, 0.6) is 11.5 Å². The minimum atomic E-state index is 0.0000810. The molecule has 5 heteroatoms. The molecule has 0 saturated carbocycles. The van der Waals surface area contributed by atoms with Crippen LogP contribution in [0.2, 0.25) is 0 Å². The van der Waals surface area contributed by atoms with Crippen molar-refractivity contribution in [1.29, 1.82) is 0 Å². The Balaban J connectivity index is 1.47. The highest BCUT2D eigenvalue weighted by Crippen LogP contribution is 2.39. The molecular weight excluding hydrogens is 410 g/mol. The highest BCUT2D eigenvalue weighted by atomic mass is 16.5. The van der Waals surface area contributed by atoms with Crippen LogP contribution in [0.25, 0.3) is 0 Å². The molecule has 2 heterocycles. The Kier molecular flexibility index (Phi) is 6.02. The maximum absolute atomic E-state index is 6.17. The Labute approximate surface area is 193 Å². The van der Waals surface area contributed by atoms with Gasteiger partial charge in [0.2, 0.25) is 0 Å². The normalized spacial score (nSPS) is 15.2. The van der Waals surface area contributed by atoms with Gasteiger partial charge in [-0.15, -0.1) is 0 Å². The van der Waals surface area contributed by atoms with Crippen molar-refractivity contribution in [2.75, 3.05) is 12.1 Å². The molecule has 5 nitrogen and oxygen atoms in total. The minimum absolute atomic E-state index is 0.0000810. The van der Waals surface area contributed by atoms with Gasteiger partial charge in [0, 0.05) is 12.6 Å². The molecule has 0 spiro atoms. The van der Waals surface area contributed by atoms with Gasteiger partial charge in [-0.1, -0.05) is 72.8 Å². The maximum Gasteiger partial charge on any atom is 0.162 e. The van der Waals surface area contributed by atoms with E-state index < -0.39 is 0 Å². The Morgan fingerprint density at radius 2 is 1.61 bits per heavy atom. The number of ether oxygens (including phenoxy) is 2. The van der Waals surface area contributed by atoms with Gasteiger partial charge in [0.25, 0.3) is 0 Å². The van der Waals surface area contributed by atoms with E-state index in [2.05, 4.69) is 41.4 Å². The van der Waals surface area contributed by atoms with Crippen LogP contribution >= 0.6 is 0 Å². The molecule has 0 radical (unpaired) electrons. The lowest BCUT2D eigenvalue weighted by atomic mass is 9.98. The number of benzene rings is 3. The molecule has 1 aliphatic rings. The van der Waals surface area contributed by atoms with Crippen LogP contribution in [0.15, 0.2) is 108 Å². The largest absolute Gasteiger partial charge is 0.493 e. The molecule has 1 aromatic heterocycles. The first-order valence-electron chi connectivity index (χ1n) is 11.0. The zero-order valence-corrected chi connectivity index (χ0v) is 18.5. The molecular formula is C28H25N3O2. The Morgan fingerprint density at radius 3 is 2.33 bits per heavy atom. The third-order valence-electron chi connectivity index (χ3n) is 5.71. The number of methoxy groups -OCH3 is 1. The number of hydrogen-bond acceptors (Lipinski definition) is 5.